The second-order valence-corrected chi connectivity index (χ2v) is 11.8. The predicted molar refractivity (Wildman–Crippen MR) is 147 cm³/mol. The van der Waals surface area contributed by atoms with Crippen molar-refractivity contribution in [3.8, 4) is 5.69 Å². The third-order valence-electron chi connectivity index (χ3n) is 7.19. The van der Waals surface area contributed by atoms with Gasteiger partial charge in [0, 0.05) is 49.2 Å². The Balaban J connectivity index is 1.46. The SMILES string of the molecule is CNc1nc(C2CCC(C)(C)C(NC(=O)c3ccc(-n4cccn4)cc3)C2)ccc1NCC(C)(C)C. The standard InChI is InChI=1S/C29H40N6O/c1-28(2,3)19-31-24-13-12-23(33-26(24)30-6)21-14-15-29(4,5)25(18-21)34-27(36)20-8-10-22(11-9-20)35-17-7-16-32-35/h7-13,16-17,21,25,31H,14-15,18-19H2,1-6H3,(H,30,33)(H,34,36). The van der Waals surface area contributed by atoms with Gasteiger partial charge in [-0.1, -0.05) is 34.6 Å². The second kappa shape index (κ2) is 10.3. The minimum absolute atomic E-state index is 0.0151. The molecule has 0 spiro atoms. The number of rotatable bonds is 7. The van der Waals surface area contributed by atoms with Crippen LogP contribution in [0.1, 0.15) is 75.9 Å². The van der Waals surface area contributed by atoms with Gasteiger partial charge in [-0.25, -0.2) is 9.67 Å². The highest BCUT2D eigenvalue weighted by Crippen LogP contribution is 2.43. The molecule has 0 saturated heterocycles. The molecule has 0 aliphatic heterocycles. The van der Waals surface area contributed by atoms with Crippen LogP contribution in [-0.4, -0.2) is 40.3 Å². The highest BCUT2D eigenvalue weighted by molar-refractivity contribution is 5.94. The van der Waals surface area contributed by atoms with Crippen molar-refractivity contribution in [2.24, 2.45) is 10.8 Å². The minimum atomic E-state index is -0.0358. The summed E-state index contributed by atoms with van der Waals surface area (Å²) in [6.07, 6.45) is 6.59. The number of carbonyl (C=O) groups excluding carboxylic acids is 1. The fraction of sp³-hybridized carbons (Fsp3) is 0.483. The van der Waals surface area contributed by atoms with E-state index in [2.05, 4.69) is 67.8 Å². The monoisotopic (exact) mass is 488 g/mol. The quantitative estimate of drug-likeness (QED) is 0.388. The molecule has 1 aliphatic carbocycles. The lowest BCUT2D eigenvalue weighted by atomic mass is 9.68. The van der Waals surface area contributed by atoms with Gasteiger partial charge in [-0.15, -0.1) is 0 Å². The van der Waals surface area contributed by atoms with Crippen LogP contribution in [0.15, 0.2) is 54.9 Å². The number of pyridine rings is 1. The third kappa shape index (κ3) is 6.07. The summed E-state index contributed by atoms with van der Waals surface area (Å²) in [4.78, 5) is 18.1. The summed E-state index contributed by atoms with van der Waals surface area (Å²) in [5, 5.41) is 14.4. The molecule has 2 unspecified atom stereocenters. The van der Waals surface area contributed by atoms with Crippen molar-refractivity contribution in [3.63, 3.8) is 0 Å². The Morgan fingerprint density at radius 2 is 1.89 bits per heavy atom. The van der Waals surface area contributed by atoms with Crippen LogP contribution in [0.2, 0.25) is 0 Å². The van der Waals surface area contributed by atoms with E-state index < -0.39 is 0 Å². The van der Waals surface area contributed by atoms with Crippen LogP contribution in [0.5, 0.6) is 0 Å². The van der Waals surface area contributed by atoms with E-state index in [0.717, 1.165) is 48.7 Å². The maximum atomic E-state index is 13.2. The summed E-state index contributed by atoms with van der Waals surface area (Å²) in [6, 6.07) is 13.8. The van der Waals surface area contributed by atoms with E-state index in [9.17, 15) is 4.79 Å². The molecule has 1 aromatic carbocycles. The molecular weight excluding hydrogens is 448 g/mol. The summed E-state index contributed by atoms with van der Waals surface area (Å²) >= 11 is 0. The van der Waals surface area contributed by atoms with Gasteiger partial charge in [0.2, 0.25) is 0 Å². The molecule has 2 atom stereocenters. The number of nitrogens with zero attached hydrogens (tertiary/aromatic N) is 3. The molecule has 3 N–H and O–H groups in total. The number of anilines is 2. The molecule has 3 aromatic rings. The zero-order valence-electron chi connectivity index (χ0n) is 22.4. The fourth-order valence-electron chi connectivity index (χ4n) is 4.79. The first kappa shape index (κ1) is 25.7. The van der Waals surface area contributed by atoms with E-state index in [1.165, 1.54) is 0 Å². The molecule has 36 heavy (non-hydrogen) atoms. The van der Waals surface area contributed by atoms with Crippen molar-refractivity contribution >= 4 is 17.4 Å². The first-order valence-electron chi connectivity index (χ1n) is 12.9. The van der Waals surface area contributed by atoms with E-state index in [1.807, 2.05) is 43.6 Å². The van der Waals surface area contributed by atoms with Crippen molar-refractivity contribution < 1.29 is 4.79 Å². The van der Waals surface area contributed by atoms with Gasteiger partial charge in [0.05, 0.1) is 11.4 Å². The van der Waals surface area contributed by atoms with Crippen molar-refractivity contribution in [3.05, 3.63) is 66.1 Å². The maximum Gasteiger partial charge on any atom is 0.251 e. The Bertz CT molecular complexity index is 1160. The van der Waals surface area contributed by atoms with Crippen LogP contribution in [0.4, 0.5) is 11.5 Å². The molecule has 7 nitrogen and oxygen atoms in total. The molecule has 1 amide bonds. The predicted octanol–water partition coefficient (Wildman–Crippen LogP) is 5.86. The molecule has 192 valence electrons. The first-order chi connectivity index (χ1) is 17.1. The fourth-order valence-corrected chi connectivity index (χ4v) is 4.79. The van der Waals surface area contributed by atoms with Crippen LogP contribution in [0.25, 0.3) is 5.69 Å². The number of nitrogens with one attached hydrogen (secondary N) is 3. The second-order valence-electron chi connectivity index (χ2n) is 11.8. The highest BCUT2D eigenvalue weighted by atomic mass is 16.1. The smallest absolute Gasteiger partial charge is 0.251 e. The lowest BCUT2D eigenvalue weighted by Gasteiger charge is -2.42. The Hall–Kier alpha value is -3.35. The molecule has 7 heteroatoms. The molecule has 0 bridgehead atoms. The van der Waals surface area contributed by atoms with Gasteiger partial charge < -0.3 is 16.0 Å². The Morgan fingerprint density at radius 1 is 1.14 bits per heavy atom. The number of aromatic nitrogens is 3. The number of hydrogen-bond donors (Lipinski definition) is 3. The van der Waals surface area contributed by atoms with Gasteiger partial charge in [-0.3, -0.25) is 4.79 Å². The van der Waals surface area contributed by atoms with Crippen molar-refractivity contribution in [1.82, 2.24) is 20.1 Å². The van der Waals surface area contributed by atoms with Crippen LogP contribution in [0.3, 0.4) is 0 Å². The molecule has 1 fully saturated rings. The van der Waals surface area contributed by atoms with E-state index in [-0.39, 0.29) is 22.8 Å². The molecule has 2 heterocycles. The van der Waals surface area contributed by atoms with Crippen LogP contribution >= 0.6 is 0 Å². The van der Waals surface area contributed by atoms with Gasteiger partial charge in [0.1, 0.15) is 5.82 Å². The van der Waals surface area contributed by atoms with Gasteiger partial charge in [0.25, 0.3) is 5.91 Å². The number of carbonyl (C=O) groups is 1. The topological polar surface area (TPSA) is 83.9 Å². The van der Waals surface area contributed by atoms with E-state index in [4.69, 9.17) is 4.98 Å². The summed E-state index contributed by atoms with van der Waals surface area (Å²) in [6.45, 7) is 12.0. The highest BCUT2D eigenvalue weighted by Gasteiger charge is 2.38. The van der Waals surface area contributed by atoms with Gasteiger partial charge >= 0.3 is 0 Å². The number of benzene rings is 1. The zero-order valence-corrected chi connectivity index (χ0v) is 22.4. The molecule has 4 rings (SSSR count). The molecule has 1 aliphatic rings. The van der Waals surface area contributed by atoms with E-state index in [1.54, 1.807) is 10.9 Å². The molecular formula is C29H40N6O. The van der Waals surface area contributed by atoms with Gasteiger partial charge in [-0.2, -0.15) is 5.10 Å². The average Bonchev–Trinajstić information content (AvgIpc) is 3.38. The normalized spacial score (nSPS) is 19.5. The first-order valence-corrected chi connectivity index (χ1v) is 12.9. The summed E-state index contributed by atoms with van der Waals surface area (Å²) in [5.41, 5.74) is 3.90. The molecule has 1 saturated carbocycles. The van der Waals surface area contributed by atoms with Crippen LogP contribution < -0.4 is 16.0 Å². The maximum absolute atomic E-state index is 13.2. The van der Waals surface area contributed by atoms with E-state index in [0.29, 0.717) is 11.5 Å². The summed E-state index contributed by atoms with van der Waals surface area (Å²) in [5.74, 6) is 1.14. The lowest BCUT2D eigenvalue weighted by Crippen LogP contribution is -2.48. The number of hydrogen-bond acceptors (Lipinski definition) is 5. The Labute approximate surface area is 215 Å². The lowest BCUT2D eigenvalue weighted by molar-refractivity contribution is 0.0836. The van der Waals surface area contributed by atoms with Crippen molar-refractivity contribution in [1.29, 1.82) is 0 Å². The van der Waals surface area contributed by atoms with E-state index >= 15 is 0 Å². The minimum Gasteiger partial charge on any atom is -0.382 e. The third-order valence-corrected chi connectivity index (χ3v) is 7.19. The molecule has 2 aromatic heterocycles. The summed E-state index contributed by atoms with van der Waals surface area (Å²) in [7, 11) is 1.92. The molecule has 0 radical (unpaired) electrons. The Morgan fingerprint density at radius 3 is 2.53 bits per heavy atom. The average molecular weight is 489 g/mol. The largest absolute Gasteiger partial charge is 0.382 e. The van der Waals surface area contributed by atoms with Crippen molar-refractivity contribution in [2.45, 2.75) is 65.8 Å². The van der Waals surface area contributed by atoms with Gasteiger partial charge in [0.15, 0.2) is 0 Å². The van der Waals surface area contributed by atoms with Crippen LogP contribution in [-0.2, 0) is 0 Å². The zero-order chi connectivity index (χ0) is 25.9. The van der Waals surface area contributed by atoms with Crippen molar-refractivity contribution in [2.75, 3.05) is 24.2 Å². The number of amides is 1. The summed E-state index contributed by atoms with van der Waals surface area (Å²) < 4.78 is 1.78. The van der Waals surface area contributed by atoms with Gasteiger partial charge in [-0.05, 0) is 72.6 Å². The Kier molecular flexibility index (Phi) is 7.38. The van der Waals surface area contributed by atoms with Crippen LogP contribution in [0, 0.1) is 10.8 Å².